The van der Waals surface area contributed by atoms with Crippen molar-refractivity contribution in [1.29, 1.82) is 0 Å². The monoisotopic (exact) mass is 844 g/mol. The van der Waals surface area contributed by atoms with Crippen LogP contribution in [0.1, 0.15) is 47.9 Å². The molecule has 6 nitrogen and oxygen atoms in total. The molecule has 0 spiro atoms. The molecule has 0 aliphatic carbocycles. The Morgan fingerprint density at radius 2 is 1.33 bits per heavy atom. The molecule has 3 aromatic rings. The van der Waals surface area contributed by atoms with Crippen LogP contribution in [-0.2, 0) is 0 Å². The number of rotatable bonds is 7. The lowest BCUT2D eigenvalue weighted by Crippen LogP contribution is -2.57. The summed E-state index contributed by atoms with van der Waals surface area (Å²) in [4.78, 5) is 55.4. The van der Waals surface area contributed by atoms with Crippen LogP contribution in [0.15, 0.2) is 60.4 Å². The summed E-state index contributed by atoms with van der Waals surface area (Å²) in [6.45, 7) is 0. The van der Waals surface area contributed by atoms with Gasteiger partial charge in [0.1, 0.15) is 11.9 Å². The lowest BCUT2D eigenvalue weighted by Gasteiger charge is -2.36. The van der Waals surface area contributed by atoms with Gasteiger partial charge in [0.25, 0.3) is 17.7 Å². The number of halogens is 8. The fraction of sp³-hybridized carbons (Fsp3) is 0.120. The summed E-state index contributed by atoms with van der Waals surface area (Å²) in [5, 5.41) is 1.60. The molecule has 202 valence electrons. The number of Topliss-reactive ketones (excluding diaryl/α,β-unsaturated/α-hetero) is 1. The normalized spacial score (nSPS) is 13.5. The van der Waals surface area contributed by atoms with Crippen LogP contribution in [0.5, 0.6) is 0 Å². The van der Waals surface area contributed by atoms with Crippen LogP contribution < -0.4 is 0 Å². The van der Waals surface area contributed by atoms with Crippen molar-refractivity contribution in [2.75, 3.05) is 5.88 Å². The molecule has 0 fully saturated rings. The number of alkyl halides is 1. The van der Waals surface area contributed by atoms with Gasteiger partial charge in [0.2, 0.25) is 0 Å². The van der Waals surface area contributed by atoms with E-state index in [9.17, 15) is 23.6 Å². The number of hydrogen-bond acceptors (Lipinski definition) is 4. The Morgan fingerprint density at radius 3 is 1.82 bits per heavy atom. The lowest BCUT2D eigenvalue weighted by atomic mass is 10.0. The molecule has 0 radical (unpaired) electrons. The Bertz CT molecular complexity index is 1510. The van der Waals surface area contributed by atoms with Crippen LogP contribution in [0.25, 0.3) is 0 Å². The Balaban J connectivity index is 1.93. The number of ketones is 1. The number of hydrogen-bond donors (Lipinski definition) is 0. The summed E-state index contributed by atoms with van der Waals surface area (Å²) in [5.41, 5.74) is -0.0728. The first kappa shape index (κ1) is 30.6. The minimum Gasteiger partial charge on any atom is -0.292 e. The van der Waals surface area contributed by atoms with Gasteiger partial charge in [-0.05, 0) is 113 Å². The van der Waals surface area contributed by atoms with Crippen LogP contribution in [0.3, 0.4) is 0 Å². The van der Waals surface area contributed by atoms with E-state index in [0.717, 1.165) is 17.1 Å². The molecule has 0 saturated carbocycles. The van der Waals surface area contributed by atoms with Crippen LogP contribution >= 0.6 is 98.5 Å². The molecule has 0 aromatic heterocycles. The summed E-state index contributed by atoms with van der Waals surface area (Å²) in [5.74, 6) is -3.97. The largest absolute Gasteiger partial charge is 0.292 e. The number of benzene rings is 3. The summed E-state index contributed by atoms with van der Waals surface area (Å²) in [6.07, 6.45) is -0.145. The topological polar surface area (TPSA) is 74.8 Å². The van der Waals surface area contributed by atoms with E-state index in [-0.39, 0.29) is 53.5 Å². The van der Waals surface area contributed by atoms with Gasteiger partial charge in [0, 0.05) is 34.9 Å². The van der Waals surface area contributed by atoms with E-state index >= 15 is 0 Å². The Kier molecular flexibility index (Phi) is 9.63. The van der Waals surface area contributed by atoms with Crippen molar-refractivity contribution in [3.63, 3.8) is 0 Å². The van der Waals surface area contributed by atoms with E-state index in [1.807, 2.05) is 0 Å². The maximum absolute atomic E-state index is 14.0. The average Bonchev–Trinajstić information content (AvgIpc) is 3.17. The van der Waals surface area contributed by atoms with Gasteiger partial charge in [0.05, 0.1) is 21.2 Å². The molecule has 0 unspecified atom stereocenters. The Hall–Kier alpha value is -1.34. The molecule has 1 heterocycles. The number of imide groups is 1. The van der Waals surface area contributed by atoms with Crippen LogP contribution in [0.4, 0.5) is 4.39 Å². The second kappa shape index (κ2) is 12.3. The van der Waals surface area contributed by atoms with Crippen molar-refractivity contribution in [1.82, 2.24) is 10.0 Å². The van der Waals surface area contributed by atoms with E-state index in [2.05, 4.69) is 63.7 Å². The molecule has 3 amide bonds. The maximum atomic E-state index is 14.0. The predicted octanol–water partition coefficient (Wildman–Crippen LogP) is 8.72. The van der Waals surface area contributed by atoms with Gasteiger partial charge >= 0.3 is 0 Å². The highest BCUT2D eigenvalue weighted by Gasteiger charge is 2.48. The standard InChI is InChI=1S/C25H12Br4Cl3FN2O4/c26-18-16-17(19(27)21(29)20(18)28)25(39)35(24(16)38)34(23(37)11-3-6-13(31)14(32)9-11)15(7-8-30)22(36)10-1-4-12(33)5-2-10/h1-6,9,15H,7-8H2/t15-/m1/s1. The average molecular weight is 849 g/mol. The minimum atomic E-state index is -1.43. The molecule has 1 atom stereocenters. The first-order valence-electron chi connectivity index (χ1n) is 10.8. The molecule has 0 saturated heterocycles. The van der Waals surface area contributed by atoms with E-state index in [4.69, 9.17) is 34.8 Å². The lowest BCUT2D eigenvalue weighted by molar-refractivity contribution is -0.00965. The second-order valence-corrected chi connectivity index (χ2v) is 12.4. The minimum absolute atomic E-state index is 0.0345. The molecule has 39 heavy (non-hydrogen) atoms. The Morgan fingerprint density at radius 1 is 0.821 bits per heavy atom. The molecule has 1 aliphatic rings. The molecule has 0 bridgehead atoms. The van der Waals surface area contributed by atoms with Gasteiger partial charge in [-0.25, -0.2) is 9.40 Å². The van der Waals surface area contributed by atoms with Crippen molar-refractivity contribution >= 4 is 122 Å². The van der Waals surface area contributed by atoms with Gasteiger partial charge < -0.3 is 0 Å². The van der Waals surface area contributed by atoms with Gasteiger partial charge in [-0.15, -0.1) is 11.6 Å². The zero-order chi connectivity index (χ0) is 28.8. The van der Waals surface area contributed by atoms with E-state index in [1.54, 1.807) is 0 Å². The third kappa shape index (κ3) is 5.60. The molecule has 4 rings (SSSR count). The highest BCUT2D eigenvalue weighted by Crippen LogP contribution is 2.46. The van der Waals surface area contributed by atoms with E-state index in [1.165, 1.54) is 30.3 Å². The van der Waals surface area contributed by atoms with Crippen LogP contribution in [0, 0.1) is 5.82 Å². The highest BCUT2D eigenvalue weighted by atomic mass is 79.9. The SMILES string of the molecule is O=C(c1ccc(F)cc1)[C@@H](CCCl)N(C(=O)c1ccc(Cl)c(Cl)c1)N1C(=O)c2c(Br)c(Br)c(Br)c(Br)c2C1=O. The second-order valence-electron chi connectivity index (χ2n) is 8.07. The molecule has 3 aromatic carbocycles. The van der Waals surface area contributed by atoms with Crippen molar-refractivity contribution < 1.29 is 23.6 Å². The fourth-order valence-electron chi connectivity index (χ4n) is 3.94. The summed E-state index contributed by atoms with van der Waals surface area (Å²) < 4.78 is 15.0. The summed E-state index contributed by atoms with van der Waals surface area (Å²) in [6, 6.07) is 7.20. The maximum Gasteiger partial charge on any atom is 0.282 e. The molecular formula is C25H12Br4Cl3FN2O4. The van der Waals surface area contributed by atoms with Crippen LogP contribution in [0.2, 0.25) is 10.0 Å². The molecule has 14 heteroatoms. The number of carbonyl (C=O) groups is 4. The zero-order valence-corrected chi connectivity index (χ0v) is 27.7. The molecular weight excluding hydrogens is 837 g/mol. The number of hydrazine groups is 1. The third-order valence-corrected chi connectivity index (χ3v) is 11.5. The number of amides is 3. The van der Waals surface area contributed by atoms with E-state index < -0.39 is 35.4 Å². The van der Waals surface area contributed by atoms with Crippen molar-refractivity contribution in [3.8, 4) is 0 Å². The predicted molar refractivity (Wildman–Crippen MR) is 160 cm³/mol. The third-order valence-electron chi connectivity index (χ3n) is 5.78. The number of fused-ring (bicyclic) bond motifs is 1. The van der Waals surface area contributed by atoms with Crippen molar-refractivity contribution in [3.05, 3.63) is 98.5 Å². The molecule has 0 N–H and O–H groups in total. The van der Waals surface area contributed by atoms with Gasteiger partial charge in [0.15, 0.2) is 5.78 Å². The quantitative estimate of drug-likeness (QED) is 0.0785. The number of carbonyl (C=O) groups excluding carboxylic acids is 4. The Labute approximate surface area is 270 Å². The van der Waals surface area contributed by atoms with Crippen LogP contribution in [-0.4, -0.2) is 45.4 Å². The fourth-order valence-corrected chi connectivity index (χ4v) is 6.90. The zero-order valence-electron chi connectivity index (χ0n) is 19.1. The smallest absolute Gasteiger partial charge is 0.282 e. The van der Waals surface area contributed by atoms with Gasteiger partial charge in [-0.2, -0.15) is 5.01 Å². The highest BCUT2D eigenvalue weighted by molar-refractivity contribution is 9.15. The van der Waals surface area contributed by atoms with Crippen molar-refractivity contribution in [2.24, 2.45) is 0 Å². The number of nitrogens with zero attached hydrogens (tertiary/aromatic N) is 2. The van der Waals surface area contributed by atoms with E-state index in [0.29, 0.717) is 14.0 Å². The summed E-state index contributed by atoms with van der Waals surface area (Å²) in [7, 11) is 0. The first-order chi connectivity index (χ1) is 18.4. The summed E-state index contributed by atoms with van der Waals surface area (Å²) >= 11 is 31.6. The van der Waals surface area contributed by atoms with Gasteiger partial charge in [-0.1, -0.05) is 23.2 Å². The van der Waals surface area contributed by atoms with Gasteiger partial charge in [-0.3, -0.25) is 19.2 Å². The molecule has 1 aliphatic heterocycles. The van der Waals surface area contributed by atoms with Crippen molar-refractivity contribution in [2.45, 2.75) is 12.5 Å². The first-order valence-corrected chi connectivity index (χ1v) is 15.3.